The molecule has 26 heavy (non-hydrogen) atoms. The number of likely N-dealkylation sites (N-methyl/N-ethyl adjacent to an activating group) is 1. The topological polar surface area (TPSA) is 73.9 Å². The number of benzene rings is 1. The first-order valence-corrected chi connectivity index (χ1v) is 9.00. The van der Waals surface area contributed by atoms with Gasteiger partial charge >= 0.3 is 11.8 Å². The van der Waals surface area contributed by atoms with Crippen LogP contribution in [0.15, 0.2) is 24.3 Å². The fourth-order valence-electron chi connectivity index (χ4n) is 2.95. The Morgan fingerprint density at radius 2 is 1.77 bits per heavy atom. The Balaban J connectivity index is 1.86. The number of nitrogens with zero attached hydrogens (tertiary/aromatic N) is 2. The SMILES string of the molecule is CN(C)c1ccc([C@@H](CNC(=O)C(=O)NC[C@H]2CCCO2)N(C)C)cc1. The summed E-state index contributed by atoms with van der Waals surface area (Å²) in [6.07, 6.45) is 1.95. The molecule has 144 valence electrons. The van der Waals surface area contributed by atoms with Crippen LogP contribution in [0.4, 0.5) is 5.69 Å². The molecule has 0 bridgehead atoms. The molecule has 1 aromatic carbocycles. The maximum Gasteiger partial charge on any atom is 0.309 e. The van der Waals surface area contributed by atoms with Crippen LogP contribution in [0, 0.1) is 0 Å². The molecular formula is C19H30N4O3. The second-order valence-corrected chi connectivity index (χ2v) is 7.02. The Kier molecular flexibility index (Phi) is 7.41. The van der Waals surface area contributed by atoms with Crippen LogP contribution in [0.1, 0.15) is 24.4 Å². The average molecular weight is 362 g/mol. The number of nitrogens with one attached hydrogen (secondary N) is 2. The van der Waals surface area contributed by atoms with Gasteiger partial charge in [-0.05, 0) is 44.6 Å². The maximum atomic E-state index is 12.1. The Morgan fingerprint density at radius 1 is 1.12 bits per heavy atom. The van der Waals surface area contributed by atoms with Gasteiger partial charge < -0.3 is 25.2 Å². The summed E-state index contributed by atoms with van der Waals surface area (Å²) in [6.45, 7) is 1.47. The molecule has 1 aliphatic rings. The smallest absolute Gasteiger partial charge is 0.309 e. The van der Waals surface area contributed by atoms with Crippen molar-refractivity contribution in [3.05, 3.63) is 29.8 Å². The van der Waals surface area contributed by atoms with Crippen molar-refractivity contribution < 1.29 is 14.3 Å². The highest BCUT2D eigenvalue weighted by Gasteiger charge is 2.21. The highest BCUT2D eigenvalue weighted by Crippen LogP contribution is 2.20. The molecule has 0 aromatic heterocycles. The molecule has 7 nitrogen and oxygen atoms in total. The zero-order valence-electron chi connectivity index (χ0n) is 16.1. The Bertz CT molecular complexity index is 595. The fourth-order valence-corrected chi connectivity index (χ4v) is 2.95. The third-order valence-electron chi connectivity index (χ3n) is 4.59. The van der Waals surface area contributed by atoms with E-state index in [1.165, 1.54) is 0 Å². The van der Waals surface area contributed by atoms with Gasteiger partial charge in [-0.15, -0.1) is 0 Å². The predicted molar refractivity (Wildman–Crippen MR) is 102 cm³/mol. The first-order chi connectivity index (χ1) is 12.4. The first-order valence-electron chi connectivity index (χ1n) is 9.00. The average Bonchev–Trinajstić information content (AvgIpc) is 3.13. The van der Waals surface area contributed by atoms with Gasteiger partial charge in [0.25, 0.3) is 0 Å². The van der Waals surface area contributed by atoms with E-state index in [-0.39, 0.29) is 12.1 Å². The van der Waals surface area contributed by atoms with E-state index in [9.17, 15) is 9.59 Å². The quantitative estimate of drug-likeness (QED) is 0.701. The van der Waals surface area contributed by atoms with Gasteiger partial charge in [0.1, 0.15) is 0 Å². The zero-order valence-corrected chi connectivity index (χ0v) is 16.1. The van der Waals surface area contributed by atoms with E-state index in [1.54, 1.807) is 0 Å². The van der Waals surface area contributed by atoms with Crippen LogP contribution >= 0.6 is 0 Å². The molecule has 1 heterocycles. The third-order valence-corrected chi connectivity index (χ3v) is 4.59. The fraction of sp³-hybridized carbons (Fsp3) is 0.579. The van der Waals surface area contributed by atoms with Gasteiger partial charge in [-0.25, -0.2) is 0 Å². The van der Waals surface area contributed by atoms with Crippen molar-refractivity contribution in [2.75, 3.05) is 52.8 Å². The molecule has 1 saturated heterocycles. The van der Waals surface area contributed by atoms with Crippen molar-refractivity contribution >= 4 is 17.5 Å². The van der Waals surface area contributed by atoms with Crippen LogP contribution in [0.2, 0.25) is 0 Å². The van der Waals surface area contributed by atoms with Crippen molar-refractivity contribution in [2.45, 2.75) is 25.0 Å². The minimum absolute atomic E-state index is 0.0128. The maximum absolute atomic E-state index is 12.1. The van der Waals surface area contributed by atoms with Gasteiger partial charge in [-0.1, -0.05) is 12.1 Å². The zero-order chi connectivity index (χ0) is 19.1. The number of amides is 2. The van der Waals surface area contributed by atoms with Crippen LogP contribution < -0.4 is 15.5 Å². The molecule has 1 aliphatic heterocycles. The van der Waals surface area contributed by atoms with Crippen molar-refractivity contribution in [3.63, 3.8) is 0 Å². The summed E-state index contributed by atoms with van der Waals surface area (Å²) in [5.41, 5.74) is 2.20. The molecule has 0 radical (unpaired) electrons. The molecule has 2 atom stereocenters. The van der Waals surface area contributed by atoms with E-state index in [2.05, 4.69) is 10.6 Å². The van der Waals surface area contributed by atoms with E-state index >= 15 is 0 Å². The first kappa shape index (κ1) is 20.2. The molecule has 0 saturated carbocycles. The predicted octanol–water partition coefficient (Wildman–Crippen LogP) is 0.767. The number of anilines is 1. The lowest BCUT2D eigenvalue weighted by molar-refractivity contribution is -0.139. The minimum Gasteiger partial charge on any atom is -0.378 e. The van der Waals surface area contributed by atoms with Gasteiger partial charge in [0.2, 0.25) is 0 Å². The second kappa shape index (κ2) is 9.54. The number of rotatable bonds is 7. The summed E-state index contributed by atoms with van der Waals surface area (Å²) in [6, 6.07) is 8.16. The summed E-state index contributed by atoms with van der Waals surface area (Å²) in [7, 11) is 7.89. The van der Waals surface area contributed by atoms with Crippen LogP contribution in [0.25, 0.3) is 0 Å². The lowest BCUT2D eigenvalue weighted by Gasteiger charge is -2.25. The largest absolute Gasteiger partial charge is 0.378 e. The summed E-state index contributed by atoms with van der Waals surface area (Å²) in [5.74, 6) is -1.22. The molecular weight excluding hydrogens is 332 g/mol. The molecule has 0 aliphatic carbocycles. The van der Waals surface area contributed by atoms with E-state index < -0.39 is 11.8 Å². The number of hydrogen-bond acceptors (Lipinski definition) is 5. The minimum atomic E-state index is -0.611. The normalized spacial score (nSPS) is 17.8. The van der Waals surface area contributed by atoms with E-state index in [0.29, 0.717) is 13.1 Å². The summed E-state index contributed by atoms with van der Waals surface area (Å²) in [4.78, 5) is 28.1. The summed E-state index contributed by atoms with van der Waals surface area (Å²) >= 11 is 0. The van der Waals surface area contributed by atoms with Gasteiger partial charge in [0.05, 0.1) is 12.1 Å². The van der Waals surface area contributed by atoms with E-state index in [4.69, 9.17) is 4.74 Å². The monoisotopic (exact) mass is 362 g/mol. The van der Waals surface area contributed by atoms with Crippen molar-refractivity contribution in [1.82, 2.24) is 15.5 Å². The molecule has 0 spiro atoms. The third kappa shape index (κ3) is 5.71. The van der Waals surface area contributed by atoms with Crippen molar-refractivity contribution in [3.8, 4) is 0 Å². The molecule has 2 rings (SSSR count). The number of ether oxygens (including phenoxy) is 1. The van der Waals surface area contributed by atoms with Crippen LogP contribution in [0.5, 0.6) is 0 Å². The highest BCUT2D eigenvalue weighted by atomic mass is 16.5. The Hall–Kier alpha value is -2.12. The number of carbonyl (C=O) groups excluding carboxylic acids is 2. The van der Waals surface area contributed by atoms with Gasteiger partial charge in [-0.2, -0.15) is 0 Å². The van der Waals surface area contributed by atoms with Crippen LogP contribution in [-0.2, 0) is 14.3 Å². The van der Waals surface area contributed by atoms with Gasteiger partial charge in [0.15, 0.2) is 0 Å². The Labute approximate surface area is 155 Å². The summed E-state index contributed by atoms with van der Waals surface area (Å²) in [5, 5.41) is 5.37. The number of carbonyl (C=O) groups is 2. The lowest BCUT2D eigenvalue weighted by atomic mass is 10.1. The standard InChI is InChI=1S/C19H30N4O3/c1-22(2)15-9-7-14(8-10-15)17(23(3)4)13-21-19(25)18(24)20-12-16-6-5-11-26-16/h7-10,16-17H,5-6,11-13H2,1-4H3,(H,20,24)(H,21,25)/t16-,17-/m1/s1. The van der Waals surface area contributed by atoms with E-state index in [0.717, 1.165) is 30.7 Å². The molecule has 1 aromatic rings. The summed E-state index contributed by atoms with van der Waals surface area (Å²) < 4.78 is 5.44. The molecule has 1 fully saturated rings. The highest BCUT2D eigenvalue weighted by molar-refractivity contribution is 6.35. The van der Waals surface area contributed by atoms with Crippen molar-refractivity contribution in [1.29, 1.82) is 0 Å². The van der Waals surface area contributed by atoms with Crippen molar-refractivity contribution in [2.24, 2.45) is 0 Å². The van der Waals surface area contributed by atoms with Crippen LogP contribution in [-0.4, -0.2) is 70.7 Å². The van der Waals surface area contributed by atoms with E-state index in [1.807, 2.05) is 62.3 Å². The lowest BCUT2D eigenvalue weighted by Crippen LogP contribution is -2.44. The van der Waals surface area contributed by atoms with Gasteiger partial charge in [-0.3, -0.25) is 9.59 Å². The number of hydrogen-bond donors (Lipinski definition) is 2. The Morgan fingerprint density at radius 3 is 2.31 bits per heavy atom. The molecule has 2 amide bonds. The van der Waals surface area contributed by atoms with Crippen LogP contribution in [0.3, 0.4) is 0 Å². The molecule has 0 unspecified atom stereocenters. The second-order valence-electron chi connectivity index (χ2n) is 7.02. The molecule has 7 heteroatoms. The molecule has 2 N–H and O–H groups in total. The van der Waals surface area contributed by atoms with Gasteiger partial charge in [0, 0.05) is 39.5 Å².